The predicted octanol–water partition coefficient (Wildman–Crippen LogP) is 1.38. The molecule has 0 aromatic heterocycles. The molecule has 0 aromatic rings. The van der Waals surface area contributed by atoms with Crippen LogP contribution in [0, 0.1) is 18.3 Å². The Morgan fingerprint density at radius 3 is 2.11 bits per heavy atom. The lowest BCUT2D eigenvalue weighted by molar-refractivity contribution is 0.388. The molecule has 0 rings (SSSR count). The number of terminal acetylenes is 1. The summed E-state index contributed by atoms with van der Waals surface area (Å²) in [6.07, 6.45) is 6.09. The van der Waals surface area contributed by atoms with Crippen molar-refractivity contribution in [2.75, 3.05) is 0 Å². The van der Waals surface area contributed by atoms with Gasteiger partial charge in [-0.1, -0.05) is 26.7 Å². The van der Waals surface area contributed by atoms with Crippen LogP contribution in [0.2, 0.25) is 0 Å². The molecule has 0 saturated heterocycles. The molecule has 52 valence electrons. The Balaban J connectivity index is 4.14. The lowest BCUT2D eigenvalue weighted by Gasteiger charge is -2.25. The van der Waals surface area contributed by atoms with Gasteiger partial charge in [0.25, 0.3) is 0 Å². The number of nitrogens with two attached hydrogens (primary N) is 1. The van der Waals surface area contributed by atoms with Gasteiger partial charge in [-0.2, -0.15) is 0 Å². The number of rotatable bonds is 2. The average Bonchev–Trinajstić information content (AvgIpc) is 1.86. The van der Waals surface area contributed by atoms with Gasteiger partial charge in [0.15, 0.2) is 0 Å². The van der Waals surface area contributed by atoms with Gasteiger partial charge in [-0.25, -0.2) is 0 Å². The van der Waals surface area contributed by atoms with Crippen molar-refractivity contribution < 1.29 is 0 Å². The first kappa shape index (κ1) is 8.52. The van der Waals surface area contributed by atoms with E-state index in [0.29, 0.717) is 5.92 Å². The highest BCUT2D eigenvalue weighted by Crippen LogP contribution is 2.15. The lowest BCUT2D eigenvalue weighted by atomic mass is 9.86. The highest BCUT2D eigenvalue weighted by Gasteiger charge is 2.23. The maximum atomic E-state index is 5.80. The van der Waals surface area contributed by atoms with Crippen LogP contribution >= 0.6 is 0 Å². The van der Waals surface area contributed by atoms with E-state index in [2.05, 4.69) is 5.92 Å². The fourth-order valence-corrected chi connectivity index (χ4v) is 0.677. The molecular formula is C8H15N. The molecule has 0 fully saturated rings. The SMILES string of the molecule is C#CC(N)(CC)C(C)C. The molecule has 0 heterocycles. The molecule has 9 heavy (non-hydrogen) atoms. The first-order valence-electron chi connectivity index (χ1n) is 3.33. The summed E-state index contributed by atoms with van der Waals surface area (Å²) >= 11 is 0. The highest BCUT2D eigenvalue weighted by molar-refractivity contribution is 5.11. The van der Waals surface area contributed by atoms with Gasteiger partial charge in [0.1, 0.15) is 0 Å². The van der Waals surface area contributed by atoms with Gasteiger partial charge < -0.3 is 5.73 Å². The molecule has 1 unspecified atom stereocenters. The van der Waals surface area contributed by atoms with Gasteiger partial charge in [-0.05, 0) is 12.3 Å². The average molecular weight is 125 g/mol. The Hall–Kier alpha value is -0.480. The van der Waals surface area contributed by atoms with Crippen molar-refractivity contribution >= 4 is 0 Å². The number of hydrogen-bond acceptors (Lipinski definition) is 1. The van der Waals surface area contributed by atoms with Gasteiger partial charge in [0.2, 0.25) is 0 Å². The summed E-state index contributed by atoms with van der Waals surface area (Å²) in [6.45, 7) is 6.10. The van der Waals surface area contributed by atoms with Gasteiger partial charge in [0.05, 0.1) is 5.54 Å². The fraction of sp³-hybridized carbons (Fsp3) is 0.750. The first-order valence-corrected chi connectivity index (χ1v) is 3.33. The first-order chi connectivity index (χ1) is 4.06. The molecule has 1 nitrogen and oxygen atoms in total. The van der Waals surface area contributed by atoms with Gasteiger partial charge in [-0.3, -0.25) is 0 Å². The van der Waals surface area contributed by atoms with E-state index in [9.17, 15) is 0 Å². The Morgan fingerprint density at radius 1 is 1.67 bits per heavy atom. The summed E-state index contributed by atoms with van der Waals surface area (Å²) in [5.41, 5.74) is 5.41. The van der Waals surface area contributed by atoms with Crippen LogP contribution < -0.4 is 5.73 Å². The van der Waals surface area contributed by atoms with Crippen molar-refractivity contribution in [2.24, 2.45) is 11.7 Å². The van der Waals surface area contributed by atoms with E-state index in [4.69, 9.17) is 12.2 Å². The van der Waals surface area contributed by atoms with Crippen LogP contribution in [0.25, 0.3) is 0 Å². The summed E-state index contributed by atoms with van der Waals surface area (Å²) in [6, 6.07) is 0. The second kappa shape index (κ2) is 2.89. The van der Waals surface area contributed by atoms with Crippen LogP contribution in [0.4, 0.5) is 0 Å². The van der Waals surface area contributed by atoms with E-state index in [0.717, 1.165) is 6.42 Å². The monoisotopic (exact) mass is 125 g/mol. The summed E-state index contributed by atoms with van der Waals surface area (Å²) in [5.74, 6) is 2.97. The van der Waals surface area contributed by atoms with Crippen molar-refractivity contribution in [3.8, 4) is 12.3 Å². The van der Waals surface area contributed by atoms with E-state index in [1.165, 1.54) is 0 Å². The van der Waals surface area contributed by atoms with Crippen molar-refractivity contribution in [1.82, 2.24) is 0 Å². The minimum atomic E-state index is -0.389. The molecule has 0 spiro atoms. The smallest absolute Gasteiger partial charge is 0.0793 e. The normalized spacial score (nSPS) is 16.9. The standard InChI is InChI=1S/C8H15N/c1-5-8(9,6-2)7(3)4/h1,7H,6,9H2,2-4H3. The number of hydrogen-bond donors (Lipinski definition) is 1. The topological polar surface area (TPSA) is 26.0 Å². The zero-order chi connectivity index (χ0) is 7.49. The molecule has 0 amide bonds. The Bertz CT molecular complexity index is 121. The molecule has 0 aliphatic rings. The minimum Gasteiger partial charge on any atom is -0.315 e. The summed E-state index contributed by atoms with van der Waals surface area (Å²) in [4.78, 5) is 0. The highest BCUT2D eigenvalue weighted by atomic mass is 14.7. The quantitative estimate of drug-likeness (QED) is 0.554. The fourth-order valence-electron chi connectivity index (χ4n) is 0.677. The molecule has 2 N–H and O–H groups in total. The van der Waals surface area contributed by atoms with E-state index >= 15 is 0 Å². The Morgan fingerprint density at radius 2 is 2.11 bits per heavy atom. The third-order valence-electron chi connectivity index (χ3n) is 1.88. The minimum absolute atomic E-state index is 0.368. The van der Waals surface area contributed by atoms with Crippen molar-refractivity contribution in [3.05, 3.63) is 0 Å². The summed E-state index contributed by atoms with van der Waals surface area (Å²) < 4.78 is 0. The second-order valence-electron chi connectivity index (χ2n) is 2.69. The van der Waals surface area contributed by atoms with Gasteiger partial charge in [0, 0.05) is 0 Å². The van der Waals surface area contributed by atoms with Crippen molar-refractivity contribution in [2.45, 2.75) is 32.7 Å². The Labute approximate surface area is 57.6 Å². The van der Waals surface area contributed by atoms with Crippen molar-refractivity contribution in [1.29, 1.82) is 0 Å². The van der Waals surface area contributed by atoms with Crippen LogP contribution in [0.3, 0.4) is 0 Å². The van der Waals surface area contributed by atoms with Crippen LogP contribution in [0.1, 0.15) is 27.2 Å². The Kier molecular flexibility index (Phi) is 2.73. The third kappa shape index (κ3) is 1.73. The van der Waals surface area contributed by atoms with Gasteiger partial charge >= 0.3 is 0 Å². The molecule has 0 saturated carbocycles. The lowest BCUT2D eigenvalue weighted by Crippen LogP contribution is -2.42. The third-order valence-corrected chi connectivity index (χ3v) is 1.88. The van der Waals surface area contributed by atoms with E-state index < -0.39 is 0 Å². The molecule has 1 heteroatoms. The maximum absolute atomic E-state index is 5.80. The largest absolute Gasteiger partial charge is 0.315 e. The van der Waals surface area contributed by atoms with E-state index in [1.54, 1.807) is 0 Å². The van der Waals surface area contributed by atoms with E-state index in [1.807, 2.05) is 20.8 Å². The van der Waals surface area contributed by atoms with Crippen LogP contribution in [0.5, 0.6) is 0 Å². The molecule has 0 aliphatic carbocycles. The zero-order valence-corrected chi connectivity index (χ0v) is 6.44. The summed E-state index contributed by atoms with van der Waals surface area (Å²) in [5, 5.41) is 0. The predicted molar refractivity (Wildman–Crippen MR) is 40.9 cm³/mol. The van der Waals surface area contributed by atoms with Gasteiger partial charge in [-0.15, -0.1) is 6.42 Å². The molecule has 0 aromatic carbocycles. The van der Waals surface area contributed by atoms with Crippen LogP contribution in [-0.4, -0.2) is 5.54 Å². The zero-order valence-electron chi connectivity index (χ0n) is 6.44. The second-order valence-corrected chi connectivity index (χ2v) is 2.69. The summed E-state index contributed by atoms with van der Waals surface area (Å²) in [7, 11) is 0. The van der Waals surface area contributed by atoms with Crippen LogP contribution in [-0.2, 0) is 0 Å². The molecular weight excluding hydrogens is 110 g/mol. The molecule has 1 atom stereocenters. The maximum Gasteiger partial charge on any atom is 0.0793 e. The molecule has 0 aliphatic heterocycles. The molecule has 0 radical (unpaired) electrons. The van der Waals surface area contributed by atoms with Crippen molar-refractivity contribution in [3.63, 3.8) is 0 Å². The van der Waals surface area contributed by atoms with Crippen LogP contribution in [0.15, 0.2) is 0 Å². The van der Waals surface area contributed by atoms with E-state index in [-0.39, 0.29) is 5.54 Å². The molecule has 0 bridgehead atoms.